The number of carbonyl (C=O) groups excluding carboxylic acids is 1. The van der Waals surface area contributed by atoms with E-state index in [0.29, 0.717) is 13.0 Å². The highest BCUT2D eigenvalue weighted by Crippen LogP contribution is 2.21. The van der Waals surface area contributed by atoms with Crippen LogP contribution in [0.5, 0.6) is 0 Å². The number of amides is 1. The van der Waals surface area contributed by atoms with Gasteiger partial charge in [-0.15, -0.1) is 0 Å². The quantitative estimate of drug-likeness (QED) is 0.284. The Morgan fingerprint density at radius 1 is 1.18 bits per heavy atom. The number of aryl methyl sites for hydroxylation is 2. The summed E-state index contributed by atoms with van der Waals surface area (Å²) in [5, 5.41) is 15.5. The number of nitrogens with one attached hydrogen (secondary N) is 2. The predicted octanol–water partition coefficient (Wildman–Crippen LogP) is 3.55. The standard InChI is InChI=1S/C28H38F2N4O4/c1-38-20-28(29,30)19-34(16-6-5-11-23-13-12-22-10-7-15-31-26(22)32-23)17-14-24(27(36)37)33-25(35)18-21-8-3-2-4-9-21/h2-4,8-9,12-13,24H,5-7,10-11,14-20H2,1H3,(H,31,32)(H,33,35)(H,36,37). The molecule has 0 spiro atoms. The number of hydrogen-bond donors (Lipinski definition) is 3. The maximum absolute atomic E-state index is 14.4. The number of rotatable bonds is 16. The molecular formula is C28H38F2N4O4. The van der Waals surface area contributed by atoms with Crippen LogP contribution < -0.4 is 10.6 Å². The van der Waals surface area contributed by atoms with Gasteiger partial charge in [-0.05, 0) is 62.3 Å². The Labute approximate surface area is 222 Å². The second-order valence-electron chi connectivity index (χ2n) is 9.77. The molecule has 0 saturated carbocycles. The summed E-state index contributed by atoms with van der Waals surface area (Å²) in [6.45, 7) is 0.117. The minimum atomic E-state index is -3.07. The number of nitrogens with zero attached hydrogens (tertiary/aromatic N) is 2. The van der Waals surface area contributed by atoms with Gasteiger partial charge in [0.25, 0.3) is 5.92 Å². The summed E-state index contributed by atoms with van der Waals surface area (Å²) in [6.07, 6.45) is 4.30. The van der Waals surface area contributed by atoms with E-state index in [-0.39, 0.29) is 19.4 Å². The van der Waals surface area contributed by atoms with Crippen molar-refractivity contribution in [1.29, 1.82) is 0 Å². The van der Waals surface area contributed by atoms with Crippen molar-refractivity contribution >= 4 is 17.7 Å². The van der Waals surface area contributed by atoms with Gasteiger partial charge in [0.2, 0.25) is 5.91 Å². The van der Waals surface area contributed by atoms with E-state index in [1.807, 2.05) is 12.1 Å². The van der Waals surface area contributed by atoms with Crippen molar-refractivity contribution in [3.63, 3.8) is 0 Å². The van der Waals surface area contributed by atoms with Crippen molar-refractivity contribution in [3.05, 3.63) is 59.3 Å². The Balaban J connectivity index is 1.52. The summed E-state index contributed by atoms with van der Waals surface area (Å²) in [6, 6.07) is 11.9. The van der Waals surface area contributed by atoms with Crippen LogP contribution in [0.4, 0.5) is 14.6 Å². The Bertz CT molecular complexity index is 1040. The third-order valence-corrected chi connectivity index (χ3v) is 6.49. The molecule has 1 aromatic carbocycles. The topological polar surface area (TPSA) is 104 Å². The van der Waals surface area contributed by atoms with Gasteiger partial charge in [-0.2, -0.15) is 0 Å². The van der Waals surface area contributed by atoms with Gasteiger partial charge < -0.3 is 20.5 Å². The Hall–Kier alpha value is -3.11. The van der Waals surface area contributed by atoms with Crippen molar-refractivity contribution in [2.45, 2.75) is 56.9 Å². The molecule has 1 aromatic heterocycles. The van der Waals surface area contributed by atoms with Gasteiger partial charge in [0, 0.05) is 25.9 Å². The molecule has 1 atom stereocenters. The first-order valence-corrected chi connectivity index (χ1v) is 13.1. The lowest BCUT2D eigenvalue weighted by atomic mass is 10.1. The smallest absolute Gasteiger partial charge is 0.326 e. The van der Waals surface area contributed by atoms with E-state index in [0.717, 1.165) is 49.3 Å². The summed E-state index contributed by atoms with van der Waals surface area (Å²) in [5.74, 6) is -3.76. The predicted molar refractivity (Wildman–Crippen MR) is 142 cm³/mol. The summed E-state index contributed by atoms with van der Waals surface area (Å²) < 4.78 is 33.4. The zero-order chi connectivity index (χ0) is 27.4. The summed E-state index contributed by atoms with van der Waals surface area (Å²) >= 11 is 0. The highest BCUT2D eigenvalue weighted by atomic mass is 19.3. The maximum atomic E-state index is 14.4. The number of benzene rings is 1. The highest BCUT2D eigenvalue weighted by Gasteiger charge is 2.32. The van der Waals surface area contributed by atoms with Gasteiger partial charge in [0.15, 0.2) is 0 Å². The van der Waals surface area contributed by atoms with Crippen LogP contribution in [-0.2, 0) is 33.6 Å². The van der Waals surface area contributed by atoms with E-state index >= 15 is 0 Å². The minimum absolute atomic E-state index is 0.0109. The van der Waals surface area contributed by atoms with E-state index < -0.39 is 37.0 Å². The number of halogens is 2. The average Bonchev–Trinajstić information content (AvgIpc) is 2.88. The number of carboxylic acid groups (broad SMARTS) is 1. The number of unbranched alkanes of at least 4 members (excludes halogenated alkanes) is 1. The summed E-state index contributed by atoms with van der Waals surface area (Å²) in [5.41, 5.74) is 2.94. The van der Waals surface area contributed by atoms with Crippen molar-refractivity contribution in [3.8, 4) is 0 Å². The largest absolute Gasteiger partial charge is 0.480 e. The van der Waals surface area contributed by atoms with Gasteiger partial charge in [0.1, 0.15) is 18.5 Å². The average molecular weight is 533 g/mol. The number of carbonyl (C=O) groups is 2. The third kappa shape index (κ3) is 9.98. The zero-order valence-electron chi connectivity index (χ0n) is 21.9. The molecule has 0 fully saturated rings. The van der Waals surface area contributed by atoms with Crippen LogP contribution >= 0.6 is 0 Å². The third-order valence-electron chi connectivity index (χ3n) is 6.49. The molecule has 2 aromatic rings. The molecule has 208 valence electrons. The first-order valence-electron chi connectivity index (χ1n) is 13.1. The van der Waals surface area contributed by atoms with E-state index in [4.69, 9.17) is 0 Å². The normalized spacial score (nSPS) is 14.0. The number of carboxylic acids is 1. The van der Waals surface area contributed by atoms with Crippen molar-refractivity contribution in [2.75, 3.05) is 45.2 Å². The molecule has 0 saturated heterocycles. The van der Waals surface area contributed by atoms with Crippen molar-refractivity contribution < 1.29 is 28.2 Å². The fourth-order valence-electron chi connectivity index (χ4n) is 4.60. The number of hydrogen-bond acceptors (Lipinski definition) is 6. The van der Waals surface area contributed by atoms with Gasteiger partial charge in [0.05, 0.1) is 13.0 Å². The Morgan fingerprint density at radius 2 is 1.97 bits per heavy atom. The lowest BCUT2D eigenvalue weighted by Crippen LogP contribution is -2.46. The zero-order valence-corrected chi connectivity index (χ0v) is 21.9. The number of methoxy groups -OCH3 is 1. The molecule has 10 heteroatoms. The van der Waals surface area contributed by atoms with E-state index in [2.05, 4.69) is 26.4 Å². The SMILES string of the molecule is COCC(F)(F)CN(CCCCc1ccc2c(n1)NCCC2)CCC(NC(=O)Cc1ccccc1)C(=O)O. The van der Waals surface area contributed by atoms with Gasteiger partial charge in [-0.3, -0.25) is 9.69 Å². The molecular weight excluding hydrogens is 494 g/mol. The van der Waals surface area contributed by atoms with E-state index in [9.17, 15) is 23.5 Å². The number of ether oxygens (including phenoxy) is 1. The molecule has 1 aliphatic heterocycles. The van der Waals surface area contributed by atoms with Crippen LogP contribution in [0.3, 0.4) is 0 Å². The second-order valence-corrected chi connectivity index (χ2v) is 9.77. The first kappa shape index (κ1) is 29.4. The highest BCUT2D eigenvalue weighted by molar-refractivity contribution is 5.84. The number of aromatic nitrogens is 1. The van der Waals surface area contributed by atoms with Crippen molar-refractivity contribution in [1.82, 2.24) is 15.2 Å². The fraction of sp³-hybridized carbons (Fsp3) is 0.536. The fourth-order valence-corrected chi connectivity index (χ4v) is 4.60. The van der Waals surface area contributed by atoms with Gasteiger partial charge in [-0.25, -0.2) is 18.6 Å². The van der Waals surface area contributed by atoms with Crippen LogP contribution in [-0.4, -0.2) is 78.7 Å². The first-order chi connectivity index (χ1) is 18.3. The van der Waals surface area contributed by atoms with Crippen LogP contribution in [0.25, 0.3) is 0 Å². The van der Waals surface area contributed by atoms with Crippen LogP contribution in [0, 0.1) is 0 Å². The number of anilines is 1. The molecule has 1 aliphatic rings. The molecule has 8 nitrogen and oxygen atoms in total. The van der Waals surface area contributed by atoms with E-state index in [1.54, 1.807) is 29.2 Å². The Morgan fingerprint density at radius 3 is 2.71 bits per heavy atom. The van der Waals surface area contributed by atoms with Crippen molar-refractivity contribution in [2.24, 2.45) is 0 Å². The summed E-state index contributed by atoms with van der Waals surface area (Å²) in [7, 11) is 1.22. The molecule has 3 rings (SSSR count). The monoisotopic (exact) mass is 532 g/mol. The van der Waals surface area contributed by atoms with Crippen LogP contribution in [0.1, 0.15) is 42.5 Å². The molecule has 1 unspecified atom stereocenters. The molecule has 0 aliphatic carbocycles. The second kappa shape index (κ2) is 14.7. The molecule has 3 N–H and O–H groups in total. The summed E-state index contributed by atoms with van der Waals surface area (Å²) in [4.78, 5) is 30.4. The number of alkyl halides is 2. The molecule has 0 radical (unpaired) electrons. The lowest BCUT2D eigenvalue weighted by Gasteiger charge is -2.28. The van der Waals surface area contributed by atoms with Crippen LogP contribution in [0.2, 0.25) is 0 Å². The van der Waals surface area contributed by atoms with E-state index in [1.165, 1.54) is 12.7 Å². The number of pyridine rings is 1. The molecule has 0 bridgehead atoms. The maximum Gasteiger partial charge on any atom is 0.326 e. The minimum Gasteiger partial charge on any atom is -0.480 e. The Kier molecular flexibility index (Phi) is 11.4. The lowest BCUT2D eigenvalue weighted by molar-refractivity contribution is -0.142. The molecule has 2 heterocycles. The number of aliphatic carboxylic acids is 1. The molecule has 38 heavy (non-hydrogen) atoms. The van der Waals surface area contributed by atoms with Gasteiger partial charge >= 0.3 is 5.97 Å². The van der Waals surface area contributed by atoms with Gasteiger partial charge in [-0.1, -0.05) is 36.4 Å². The van der Waals surface area contributed by atoms with Crippen LogP contribution in [0.15, 0.2) is 42.5 Å². The number of fused-ring (bicyclic) bond motifs is 1. The molecule has 1 amide bonds.